The Labute approximate surface area is 192 Å². The van der Waals surface area contributed by atoms with Gasteiger partial charge in [-0.3, -0.25) is 19.3 Å². The Morgan fingerprint density at radius 1 is 0.758 bits per heavy atom. The van der Waals surface area contributed by atoms with Crippen molar-refractivity contribution < 1.29 is 24.2 Å². The van der Waals surface area contributed by atoms with Crippen LogP contribution in [0.4, 0.5) is 4.39 Å². The molecule has 33 heavy (non-hydrogen) atoms. The summed E-state index contributed by atoms with van der Waals surface area (Å²) in [6, 6.07) is 27.3. The Balaban J connectivity index is 2.16. The average Bonchev–Trinajstić information content (AvgIpc) is 2.85. The van der Waals surface area contributed by atoms with Gasteiger partial charge in [-0.05, 0) is 36.0 Å². The van der Waals surface area contributed by atoms with Crippen molar-refractivity contribution in [3.63, 3.8) is 0 Å². The molecule has 3 aromatic carbocycles. The van der Waals surface area contributed by atoms with Crippen molar-refractivity contribution in [3.05, 3.63) is 108 Å². The van der Waals surface area contributed by atoms with Crippen LogP contribution in [0.5, 0.6) is 0 Å². The fourth-order valence-electron chi connectivity index (χ4n) is 4.25. The third kappa shape index (κ3) is 5.65. The zero-order valence-electron chi connectivity index (χ0n) is 18.2. The Morgan fingerprint density at radius 3 is 1.52 bits per heavy atom. The maximum absolute atomic E-state index is 12.7. The van der Waals surface area contributed by atoms with Crippen LogP contribution in [0.25, 0.3) is 0 Å². The van der Waals surface area contributed by atoms with Gasteiger partial charge in [-0.1, -0.05) is 91.0 Å². The van der Waals surface area contributed by atoms with Crippen molar-refractivity contribution in [2.45, 2.75) is 30.8 Å². The summed E-state index contributed by atoms with van der Waals surface area (Å²) in [4.78, 5) is 24.2. The van der Waals surface area contributed by atoms with Crippen LogP contribution < -0.4 is 5.32 Å². The highest BCUT2D eigenvalue weighted by Gasteiger charge is 2.41. The summed E-state index contributed by atoms with van der Waals surface area (Å²) in [6.45, 7) is -0.642. The van der Waals surface area contributed by atoms with E-state index in [-0.39, 0.29) is 19.3 Å². The Morgan fingerprint density at radius 2 is 1.18 bits per heavy atom. The van der Waals surface area contributed by atoms with Gasteiger partial charge in [-0.25, -0.2) is 0 Å². The van der Waals surface area contributed by atoms with Crippen LogP contribution >= 0.6 is 0 Å². The van der Waals surface area contributed by atoms with Crippen molar-refractivity contribution in [1.82, 2.24) is 5.32 Å². The highest BCUT2D eigenvalue weighted by Crippen LogP contribution is 2.38. The second-order valence-electron chi connectivity index (χ2n) is 7.99. The standard InChI is InChI=1S/C27H28FNO4/c28-18-10-11-20(25(30)31)19-24(26(32)33)29-27(21-12-4-1-5-13-21,22-14-6-2-7-15-22)23-16-8-3-9-17-23/h1-9,12-17,20,24,29H,10-11,18-19H2,(H,30,31)(H,32,33)/t20-,24-/m0/s1. The summed E-state index contributed by atoms with van der Waals surface area (Å²) in [7, 11) is 0. The summed E-state index contributed by atoms with van der Waals surface area (Å²) in [5.41, 5.74) is 1.42. The molecular weight excluding hydrogens is 421 g/mol. The predicted octanol–water partition coefficient (Wildman–Crippen LogP) is 4.86. The number of carboxylic acids is 2. The molecule has 0 spiro atoms. The lowest BCUT2D eigenvalue weighted by Crippen LogP contribution is -2.53. The molecule has 0 bridgehead atoms. The Bertz CT molecular complexity index is 931. The molecule has 3 aromatic rings. The number of carbonyl (C=O) groups is 2. The van der Waals surface area contributed by atoms with E-state index in [9.17, 15) is 24.2 Å². The van der Waals surface area contributed by atoms with E-state index in [0.717, 1.165) is 16.7 Å². The molecule has 0 aromatic heterocycles. The van der Waals surface area contributed by atoms with Gasteiger partial charge in [0.25, 0.3) is 0 Å². The molecule has 3 N–H and O–H groups in total. The van der Waals surface area contributed by atoms with Crippen LogP contribution in [-0.2, 0) is 15.1 Å². The first-order chi connectivity index (χ1) is 16.0. The first kappa shape index (κ1) is 24.1. The molecule has 3 rings (SSSR count). The van der Waals surface area contributed by atoms with Gasteiger partial charge >= 0.3 is 11.9 Å². The smallest absolute Gasteiger partial charge is 0.320 e. The Kier molecular flexibility index (Phi) is 8.33. The van der Waals surface area contributed by atoms with E-state index < -0.39 is 36.1 Å². The maximum atomic E-state index is 12.7. The molecule has 0 amide bonds. The lowest BCUT2D eigenvalue weighted by Gasteiger charge is -2.39. The van der Waals surface area contributed by atoms with Crippen LogP contribution in [0.15, 0.2) is 91.0 Å². The quantitative estimate of drug-likeness (QED) is 0.344. The largest absolute Gasteiger partial charge is 0.481 e. The van der Waals surface area contributed by atoms with Gasteiger partial charge in [0.1, 0.15) is 6.04 Å². The van der Waals surface area contributed by atoms with E-state index in [2.05, 4.69) is 5.32 Å². The fraction of sp³-hybridized carbons (Fsp3) is 0.259. The van der Waals surface area contributed by atoms with E-state index in [1.165, 1.54) is 0 Å². The number of aliphatic carboxylic acids is 2. The lowest BCUT2D eigenvalue weighted by molar-refractivity contribution is -0.144. The minimum Gasteiger partial charge on any atom is -0.481 e. The summed E-state index contributed by atoms with van der Waals surface area (Å²) in [5.74, 6) is -3.26. The minimum atomic E-state index is -1.19. The highest BCUT2D eigenvalue weighted by atomic mass is 19.1. The molecule has 0 unspecified atom stereocenters. The average molecular weight is 450 g/mol. The normalized spacial score (nSPS) is 13.2. The zero-order chi connectivity index (χ0) is 23.7. The van der Waals surface area contributed by atoms with E-state index in [1.807, 2.05) is 91.0 Å². The van der Waals surface area contributed by atoms with Crippen LogP contribution in [0, 0.1) is 5.92 Å². The van der Waals surface area contributed by atoms with Crippen molar-refractivity contribution >= 4 is 11.9 Å². The first-order valence-electron chi connectivity index (χ1n) is 10.9. The molecule has 6 heteroatoms. The molecule has 0 aliphatic heterocycles. The fourth-order valence-corrected chi connectivity index (χ4v) is 4.25. The minimum absolute atomic E-state index is 0.0739. The molecule has 172 valence electrons. The van der Waals surface area contributed by atoms with Crippen LogP contribution in [-0.4, -0.2) is 34.9 Å². The molecule has 0 aliphatic rings. The topological polar surface area (TPSA) is 86.6 Å². The molecule has 0 saturated heterocycles. The molecule has 0 radical (unpaired) electrons. The number of alkyl halides is 1. The van der Waals surface area contributed by atoms with E-state index >= 15 is 0 Å². The SMILES string of the molecule is O=C(O)[C@@H](CCCF)C[C@H](NC(c1ccccc1)(c1ccccc1)c1ccccc1)C(=O)O. The second kappa shape index (κ2) is 11.4. The number of nitrogens with one attached hydrogen (secondary N) is 1. The van der Waals surface area contributed by atoms with Crippen LogP contribution in [0.3, 0.4) is 0 Å². The third-order valence-electron chi connectivity index (χ3n) is 5.86. The lowest BCUT2D eigenvalue weighted by atomic mass is 9.76. The number of rotatable bonds is 12. The number of halogens is 1. The number of hydrogen-bond donors (Lipinski definition) is 3. The van der Waals surface area contributed by atoms with Crippen LogP contribution in [0.1, 0.15) is 36.0 Å². The van der Waals surface area contributed by atoms with E-state index in [4.69, 9.17) is 0 Å². The molecule has 0 heterocycles. The van der Waals surface area contributed by atoms with Gasteiger partial charge in [0, 0.05) is 0 Å². The van der Waals surface area contributed by atoms with Gasteiger partial charge in [-0.2, -0.15) is 0 Å². The van der Waals surface area contributed by atoms with Gasteiger partial charge in [0.15, 0.2) is 0 Å². The maximum Gasteiger partial charge on any atom is 0.320 e. The second-order valence-corrected chi connectivity index (χ2v) is 7.99. The van der Waals surface area contributed by atoms with Crippen molar-refractivity contribution in [2.24, 2.45) is 5.92 Å². The van der Waals surface area contributed by atoms with Gasteiger partial charge in [0.05, 0.1) is 18.1 Å². The van der Waals surface area contributed by atoms with E-state index in [0.29, 0.717) is 0 Å². The molecule has 0 fully saturated rings. The van der Waals surface area contributed by atoms with Crippen LogP contribution in [0.2, 0.25) is 0 Å². The van der Waals surface area contributed by atoms with Crippen molar-refractivity contribution in [1.29, 1.82) is 0 Å². The molecular formula is C27H28FNO4. The highest BCUT2D eigenvalue weighted by molar-refractivity contribution is 5.76. The molecule has 0 aliphatic carbocycles. The van der Waals surface area contributed by atoms with Gasteiger partial charge in [0.2, 0.25) is 0 Å². The number of carboxylic acid groups (broad SMARTS) is 2. The van der Waals surface area contributed by atoms with Gasteiger partial charge < -0.3 is 10.2 Å². The van der Waals surface area contributed by atoms with Crippen molar-refractivity contribution in [3.8, 4) is 0 Å². The number of benzene rings is 3. The van der Waals surface area contributed by atoms with Gasteiger partial charge in [-0.15, -0.1) is 0 Å². The summed E-state index contributed by atoms with van der Waals surface area (Å²) >= 11 is 0. The Hall–Kier alpha value is -3.51. The summed E-state index contributed by atoms with van der Waals surface area (Å²) < 4.78 is 12.7. The van der Waals surface area contributed by atoms with E-state index in [1.54, 1.807) is 0 Å². The molecule has 5 nitrogen and oxygen atoms in total. The monoisotopic (exact) mass is 449 g/mol. The predicted molar refractivity (Wildman–Crippen MR) is 125 cm³/mol. The zero-order valence-corrected chi connectivity index (χ0v) is 18.2. The van der Waals surface area contributed by atoms with Crippen molar-refractivity contribution in [2.75, 3.05) is 6.67 Å². The summed E-state index contributed by atoms with van der Waals surface area (Å²) in [5, 5.41) is 23.1. The third-order valence-corrected chi connectivity index (χ3v) is 5.86. The first-order valence-corrected chi connectivity index (χ1v) is 10.9. The number of hydrogen-bond acceptors (Lipinski definition) is 3. The molecule has 0 saturated carbocycles. The summed E-state index contributed by atoms with van der Waals surface area (Å²) in [6.07, 6.45) is -0.0181. The molecule has 2 atom stereocenters.